The summed E-state index contributed by atoms with van der Waals surface area (Å²) in [6.45, 7) is -0.312. The van der Waals surface area contributed by atoms with Gasteiger partial charge in [0.15, 0.2) is 6.61 Å². The van der Waals surface area contributed by atoms with Gasteiger partial charge in [-0.05, 0) is 18.2 Å². The van der Waals surface area contributed by atoms with Gasteiger partial charge in [-0.25, -0.2) is 5.43 Å². The molecule has 0 fully saturated rings. The number of hydrazone groups is 1. The van der Waals surface area contributed by atoms with Crippen LogP contribution in [0.5, 0.6) is 5.75 Å². The van der Waals surface area contributed by atoms with E-state index in [9.17, 15) is 14.4 Å². The molecule has 0 bridgehead atoms. The van der Waals surface area contributed by atoms with Crippen LogP contribution in [0, 0.1) is 0 Å². The molecule has 0 heterocycles. The maximum Gasteiger partial charge on any atom is 0.329 e. The van der Waals surface area contributed by atoms with Crippen LogP contribution in [0.2, 0.25) is 5.02 Å². The van der Waals surface area contributed by atoms with Gasteiger partial charge in [0.05, 0.1) is 6.21 Å². The standard InChI is InChI=1S/C12H13ClN4O4/c1-15-11(19)12(20)17-16-5-7-4-8(13)2-3-9(7)21-6-10(14)18/h2-5H,6H2,1H3,(H2,14,18)(H,15,19)(H,17,20)/b16-5-. The molecule has 1 aromatic carbocycles. The first-order valence-corrected chi connectivity index (χ1v) is 6.07. The number of likely N-dealkylation sites (N-methyl/N-ethyl adjacent to an activating group) is 1. The Balaban J connectivity index is 2.80. The predicted octanol–water partition coefficient (Wildman–Crippen LogP) is -0.600. The molecule has 1 aromatic rings. The van der Waals surface area contributed by atoms with E-state index in [1.807, 2.05) is 5.43 Å². The molecular formula is C12H13ClN4O4. The maximum atomic E-state index is 11.2. The number of primary amides is 1. The summed E-state index contributed by atoms with van der Waals surface area (Å²) in [6, 6.07) is 4.58. The highest BCUT2D eigenvalue weighted by atomic mass is 35.5. The molecule has 0 saturated carbocycles. The number of rotatable bonds is 5. The molecule has 0 radical (unpaired) electrons. The number of hydrogen-bond donors (Lipinski definition) is 3. The monoisotopic (exact) mass is 312 g/mol. The summed E-state index contributed by atoms with van der Waals surface area (Å²) < 4.78 is 5.16. The van der Waals surface area contributed by atoms with Crippen LogP contribution < -0.4 is 21.2 Å². The Bertz CT molecular complexity index is 589. The Morgan fingerprint density at radius 3 is 2.71 bits per heavy atom. The number of carbonyl (C=O) groups excluding carboxylic acids is 3. The van der Waals surface area contributed by atoms with E-state index in [0.29, 0.717) is 16.3 Å². The summed E-state index contributed by atoms with van der Waals surface area (Å²) >= 11 is 5.83. The van der Waals surface area contributed by atoms with Crippen molar-refractivity contribution in [3.05, 3.63) is 28.8 Å². The zero-order valence-electron chi connectivity index (χ0n) is 11.1. The molecule has 0 saturated heterocycles. The van der Waals surface area contributed by atoms with Gasteiger partial charge in [0.1, 0.15) is 5.75 Å². The maximum absolute atomic E-state index is 11.2. The molecule has 21 heavy (non-hydrogen) atoms. The molecule has 9 heteroatoms. The summed E-state index contributed by atoms with van der Waals surface area (Å²) in [7, 11) is 1.32. The smallest absolute Gasteiger partial charge is 0.329 e. The number of benzene rings is 1. The SMILES string of the molecule is CNC(=O)C(=O)N/N=C\c1cc(Cl)ccc1OCC(N)=O. The predicted molar refractivity (Wildman–Crippen MR) is 75.9 cm³/mol. The zero-order valence-corrected chi connectivity index (χ0v) is 11.8. The van der Waals surface area contributed by atoms with Gasteiger partial charge in [-0.2, -0.15) is 5.10 Å². The highest BCUT2D eigenvalue weighted by molar-refractivity contribution is 6.35. The third kappa shape index (κ3) is 5.49. The van der Waals surface area contributed by atoms with Crippen LogP contribution in [-0.4, -0.2) is 37.6 Å². The first-order chi connectivity index (χ1) is 9.93. The number of nitrogens with one attached hydrogen (secondary N) is 2. The summed E-state index contributed by atoms with van der Waals surface area (Å²) in [4.78, 5) is 32.8. The van der Waals surface area contributed by atoms with Crippen molar-refractivity contribution >= 4 is 35.5 Å². The fraction of sp³-hybridized carbons (Fsp3) is 0.167. The lowest BCUT2D eigenvalue weighted by Gasteiger charge is -2.07. The quantitative estimate of drug-likeness (QED) is 0.381. The average molecular weight is 313 g/mol. The van der Waals surface area contributed by atoms with Gasteiger partial charge < -0.3 is 15.8 Å². The lowest BCUT2D eigenvalue weighted by Crippen LogP contribution is -2.35. The second-order valence-electron chi connectivity index (χ2n) is 3.72. The molecule has 0 spiro atoms. The van der Waals surface area contributed by atoms with Gasteiger partial charge in [0.2, 0.25) is 0 Å². The first kappa shape index (κ1) is 16.4. The van der Waals surface area contributed by atoms with Gasteiger partial charge in [0.25, 0.3) is 5.91 Å². The van der Waals surface area contributed by atoms with Crippen molar-refractivity contribution in [2.75, 3.05) is 13.7 Å². The summed E-state index contributed by atoms with van der Waals surface area (Å²) in [6.07, 6.45) is 1.23. The van der Waals surface area contributed by atoms with E-state index in [0.717, 1.165) is 0 Å². The molecule has 4 N–H and O–H groups in total. The molecular weight excluding hydrogens is 300 g/mol. The highest BCUT2D eigenvalue weighted by Gasteiger charge is 2.09. The van der Waals surface area contributed by atoms with Crippen LogP contribution in [0.15, 0.2) is 23.3 Å². The van der Waals surface area contributed by atoms with Crippen LogP contribution in [-0.2, 0) is 14.4 Å². The molecule has 0 aliphatic heterocycles. The summed E-state index contributed by atoms with van der Waals surface area (Å²) in [5.41, 5.74) is 7.41. The number of halogens is 1. The lowest BCUT2D eigenvalue weighted by molar-refractivity contribution is -0.138. The fourth-order valence-corrected chi connectivity index (χ4v) is 1.41. The van der Waals surface area contributed by atoms with Crippen molar-refractivity contribution in [1.82, 2.24) is 10.7 Å². The van der Waals surface area contributed by atoms with E-state index < -0.39 is 17.7 Å². The Hall–Kier alpha value is -2.61. The third-order valence-electron chi connectivity index (χ3n) is 2.14. The minimum absolute atomic E-state index is 0.302. The molecule has 112 valence electrons. The van der Waals surface area contributed by atoms with Crippen LogP contribution in [0.25, 0.3) is 0 Å². The van der Waals surface area contributed by atoms with Gasteiger partial charge in [-0.1, -0.05) is 11.6 Å². The van der Waals surface area contributed by atoms with E-state index in [1.54, 1.807) is 6.07 Å². The minimum atomic E-state index is -0.921. The second kappa shape index (κ2) is 7.85. The Kier molecular flexibility index (Phi) is 6.15. The van der Waals surface area contributed by atoms with E-state index in [4.69, 9.17) is 22.1 Å². The van der Waals surface area contributed by atoms with Crippen LogP contribution >= 0.6 is 11.6 Å². The average Bonchev–Trinajstić information content (AvgIpc) is 2.45. The molecule has 8 nitrogen and oxygen atoms in total. The molecule has 0 atom stereocenters. The molecule has 0 aromatic heterocycles. The highest BCUT2D eigenvalue weighted by Crippen LogP contribution is 2.21. The minimum Gasteiger partial charge on any atom is -0.483 e. The van der Waals surface area contributed by atoms with E-state index in [2.05, 4.69) is 10.4 Å². The van der Waals surface area contributed by atoms with Gasteiger partial charge in [-0.3, -0.25) is 14.4 Å². The second-order valence-corrected chi connectivity index (χ2v) is 4.15. The van der Waals surface area contributed by atoms with Crippen molar-refractivity contribution in [1.29, 1.82) is 0 Å². The largest absolute Gasteiger partial charge is 0.483 e. The molecule has 0 aliphatic carbocycles. The molecule has 1 rings (SSSR count). The third-order valence-corrected chi connectivity index (χ3v) is 2.38. The number of ether oxygens (including phenoxy) is 1. The molecule has 0 aliphatic rings. The number of nitrogens with zero attached hydrogens (tertiary/aromatic N) is 1. The van der Waals surface area contributed by atoms with E-state index in [1.165, 1.54) is 25.4 Å². The Labute approximate surface area is 125 Å². The Morgan fingerprint density at radius 2 is 2.10 bits per heavy atom. The van der Waals surface area contributed by atoms with Crippen LogP contribution in [0.3, 0.4) is 0 Å². The fourth-order valence-electron chi connectivity index (χ4n) is 1.23. The van der Waals surface area contributed by atoms with Crippen molar-refractivity contribution in [3.63, 3.8) is 0 Å². The lowest BCUT2D eigenvalue weighted by atomic mass is 10.2. The van der Waals surface area contributed by atoms with Crippen LogP contribution in [0.4, 0.5) is 0 Å². The van der Waals surface area contributed by atoms with E-state index in [-0.39, 0.29) is 6.61 Å². The summed E-state index contributed by atoms with van der Waals surface area (Å²) in [5.74, 6) is -2.09. The van der Waals surface area contributed by atoms with Crippen molar-refractivity contribution < 1.29 is 19.1 Å². The Morgan fingerprint density at radius 1 is 1.38 bits per heavy atom. The van der Waals surface area contributed by atoms with Gasteiger partial charge >= 0.3 is 11.8 Å². The normalized spacial score (nSPS) is 10.2. The number of amides is 3. The molecule has 0 unspecified atom stereocenters. The number of nitrogens with two attached hydrogens (primary N) is 1. The summed E-state index contributed by atoms with van der Waals surface area (Å²) in [5, 5.41) is 6.15. The van der Waals surface area contributed by atoms with Gasteiger partial charge in [-0.15, -0.1) is 0 Å². The van der Waals surface area contributed by atoms with Crippen molar-refractivity contribution in [3.8, 4) is 5.75 Å². The van der Waals surface area contributed by atoms with Crippen molar-refractivity contribution in [2.45, 2.75) is 0 Å². The number of carbonyl (C=O) groups is 3. The topological polar surface area (TPSA) is 123 Å². The zero-order chi connectivity index (χ0) is 15.8. The first-order valence-electron chi connectivity index (χ1n) is 5.69. The van der Waals surface area contributed by atoms with Gasteiger partial charge in [0, 0.05) is 17.6 Å². The van der Waals surface area contributed by atoms with E-state index >= 15 is 0 Å². The van der Waals surface area contributed by atoms with Crippen LogP contribution in [0.1, 0.15) is 5.56 Å². The molecule has 3 amide bonds. The number of hydrogen-bond acceptors (Lipinski definition) is 5. The van der Waals surface area contributed by atoms with Crippen molar-refractivity contribution in [2.24, 2.45) is 10.8 Å².